The Morgan fingerprint density at radius 3 is 2.26 bits per heavy atom. The summed E-state index contributed by atoms with van der Waals surface area (Å²) in [5.74, 6) is -0.848. The lowest BCUT2D eigenvalue weighted by Crippen LogP contribution is -2.52. The summed E-state index contributed by atoms with van der Waals surface area (Å²) >= 11 is 12.2. The van der Waals surface area contributed by atoms with Crippen LogP contribution in [0.4, 0.5) is 5.69 Å². The van der Waals surface area contributed by atoms with Crippen LogP contribution >= 0.6 is 23.2 Å². The van der Waals surface area contributed by atoms with Crippen molar-refractivity contribution < 1.29 is 18.0 Å². The number of carbonyl (C=O) groups is 2. The lowest BCUT2D eigenvalue weighted by Gasteiger charge is -2.32. The fourth-order valence-corrected chi connectivity index (χ4v) is 4.69. The van der Waals surface area contributed by atoms with Crippen LogP contribution < -0.4 is 9.62 Å². The van der Waals surface area contributed by atoms with Crippen LogP contribution in [-0.2, 0) is 26.2 Å². The van der Waals surface area contributed by atoms with Crippen LogP contribution in [0.2, 0.25) is 10.0 Å². The molecule has 0 spiro atoms. The molecule has 2 aromatic carbocycles. The second-order valence-corrected chi connectivity index (χ2v) is 11.5. The molecule has 0 radical (unpaired) electrons. The second kappa shape index (κ2) is 12.1. The zero-order valence-electron chi connectivity index (χ0n) is 20.9. The minimum Gasteiger partial charge on any atom is -0.352 e. The molecule has 0 aromatic heterocycles. The number of anilines is 1. The van der Waals surface area contributed by atoms with Gasteiger partial charge in [0.15, 0.2) is 0 Å². The Kier molecular flexibility index (Phi) is 10.0. The highest BCUT2D eigenvalue weighted by molar-refractivity contribution is 7.92. The Morgan fingerprint density at radius 1 is 1.03 bits per heavy atom. The molecule has 2 rings (SSSR count). The van der Waals surface area contributed by atoms with Gasteiger partial charge in [0, 0.05) is 12.6 Å². The topological polar surface area (TPSA) is 86.8 Å². The van der Waals surface area contributed by atoms with Gasteiger partial charge in [-0.3, -0.25) is 13.9 Å². The van der Waals surface area contributed by atoms with Crippen LogP contribution in [0.5, 0.6) is 0 Å². The van der Waals surface area contributed by atoms with E-state index >= 15 is 0 Å². The van der Waals surface area contributed by atoms with Crippen molar-refractivity contribution in [3.8, 4) is 0 Å². The third-order valence-electron chi connectivity index (χ3n) is 5.82. The highest BCUT2D eigenvalue weighted by Crippen LogP contribution is 2.26. The maximum absolute atomic E-state index is 13.6. The van der Waals surface area contributed by atoms with Crippen molar-refractivity contribution in [3.63, 3.8) is 0 Å². The van der Waals surface area contributed by atoms with E-state index in [4.69, 9.17) is 23.2 Å². The van der Waals surface area contributed by atoms with E-state index < -0.39 is 28.5 Å². The van der Waals surface area contributed by atoms with Crippen molar-refractivity contribution in [1.82, 2.24) is 10.2 Å². The van der Waals surface area contributed by atoms with Crippen molar-refractivity contribution in [1.29, 1.82) is 0 Å². The van der Waals surface area contributed by atoms with Crippen LogP contribution in [-0.4, -0.2) is 50.0 Å². The largest absolute Gasteiger partial charge is 0.352 e. The standard InChI is InChI=1S/C25H33Cl2N3O4S/c1-7-18(4)28-25(32)19(5)29(14-20-10-11-21(26)22(27)13-20)24(31)15-30(35(6,33)34)23-12-16(2)8-9-17(23)3/h8-13,18-19H,7,14-15H2,1-6H3,(H,28,32). The number of halogens is 2. The summed E-state index contributed by atoms with van der Waals surface area (Å²) in [5.41, 5.74) is 2.66. The van der Waals surface area contributed by atoms with Crippen molar-refractivity contribution in [2.75, 3.05) is 17.1 Å². The van der Waals surface area contributed by atoms with E-state index in [-0.39, 0.29) is 18.5 Å². The number of aryl methyl sites for hydroxylation is 2. The molecular formula is C25H33Cl2N3O4S. The van der Waals surface area contributed by atoms with Crippen molar-refractivity contribution in [3.05, 3.63) is 63.1 Å². The summed E-state index contributed by atoms with van der Waals surface area (Å²) in [5, 5.41) is 3.58. The molecule has 0 saturated heterocycles. The summed E-state index contributed by atoms with van der Waals surface area (Å²) in [6, 6.07) is 9.44. The fourth-order valence-electron chi connectivity index (χ4n) is 3.47. The smallest absolute Gasteiger partial charge is 0.244 e. The molecule has 2 amide bonds. The monoisotopic (exact) mass is 541 g/mol. The van der Waals surface area contributed by atoms with E-state index in [0.29, 0.717) is 26.9 Å². The average Bonchev–Trinajstić information content (AvgIpc) is 2.78. The Labute approximate surface area is 218 Å². The summed E-state index contributed by atoms with van der Waals surface area (Å²) in [4.78, 5) is 27.9. The van der Waals surface area contributed by atoms with E-state index in [1.165, 1.54) is 4.90 Å². The van der Waals surface area contributed by atoms with E-state index in [9.17, 15) is 18.0 Å². The zero-order chi connectivity index (χ0) is 26.5. The summed E-state index contributed by atoms with van der Waals surface area (Å²) < 4.78 is 26.5. The third-order valence-corrected chi connectivity index (χ3v) is 7.68. The fraction of sp³-hybridized carbons (Fsp3) is 0.440. The molecule has 0 saturated carbocycles. The first-order valence-corrected chi connectivity index (χ1v) is 13.9. The number of hydrogen-bond donors (Lipinski definition) is 1. The molecule has 0 aliphatic heterocycles. The van der Waals surface area contributed by atoms with Gasteiger partial charge < -0.3 is 10.2 Å². The van der Waals surface area contributed by atoms with Crippen LogP contribution in [0.25, 0.3) is 0 Å². The molecular weight excluding hydrogens is 509 g/mol. The van der Waals surface area contributed by atoms with E-state index in [2.05, 4.69) is 5.32 Å². The predicted molar refractivity (Wildman–Crippen MR) is 142 cm³/mol. The first kappa shape index (κ1) is 28.9. The lowest BCUT2D eigenvalue weighted by atomic mass is 10.1. The van der Waals surface area contributed by atoms with E-state index in [0.717, 1.165) is 22.5 Å². The molecule has 2 aromatic rings. The zero-order valence-corrected chi connectivity index (χ0v) is 23.3. The summed E-state index contributed by atoms with van der Waals surface area (Å²) in [6.07, 6.45) is 1.79. The molecule has 10 heteroatoms. The van der Waals surface area contributed by atoms with Gasteiger partial charge in [0.05, 0.1) is 22.0 Å². The van der Waals surface area contributed by atoms with Gasteiger partial charge in [-0.15, -0.1) is 0 Å². The summed E-state index contributed by atoms with van der Waals surface area (Å²) in [7, 11) is -3.79. The molecule has 0 heterocycles. The maximum Gasteiger partial charge on any atom is 0.244 e. The third kappa shape index (κ3) is 7.85. The van der Waals surface area contributed by atoms with Gasteiger partial charge >= 0.3 is 0 Å². The van der Waals surface area contributed by atoms with Gasteiger partial charge in [0.25, 0.3) is 0 Å². The normalized spacial score (nSPS) is 13.1. The molecule has 2 unspecified atom stereocenters. The molecule has 1 N–H and O–H groups in total. The predicted octanol–water partition coefficient (Wildman–Crippen LogP) is 4.71. The van der Waals surface area contributed by atoms with Crippen LogP contribution in [0.1, 0.15) is 43.9 Å². The maximum atomic E-state index is 13.6. The van der Waals surface area contributed by atoms with Crippen molar-refractivity contribution >= 4 is 50.7 Å². The highest BCUT2D eigenvalue weighted by Gasteiger charge is 2.31. The Morgan fingerprint density at radius 2 is 1.69 bits per heavy atom. The number of nitrogens with zero attached hydrogens (tertiary/aromatic N) is 2. The quantitative estimate of drug-likeness (QED) is 0.471. The van der Waals surface area contributed by atoms with Crippen LogP contribution in [0.3, 0.4) is 0 Å². The minimum atomic E-state index is -3.79. The van der Waals surface area contributed by atoms with Crippen LogP contribution in [0, 0.1) is 13.8 Å². The van der Waals surface area contributed by atoms with E-state index in [1.807, 2.05) is 32.9 Å². The number of sulfonamides is 1. The first-order chi connectivity index (χ1) is 16.2. The van der Waals surface area contributed by atoms with Crippen molar-refractivity contribution in [2.24, 2.45) is 0 Å². The SMILES string of the molecule is CCC(C)NC(=O)C(C)N(Cc1ccc(Cl)c(Cl)c1)C(=O)CN(c1cc(C)ccc1C)S(C)(=O)=O. The molecule has 0 aliphatic carbocycles. The Hall–Kier alpha value is -2.29. The Balaban J connectivity index is 2.45. The molecule has 35 heavy (non-hydrogen) atoms. The van der Waals surface area contributed by atoms with Gasteiger partial charge in [0.2, 0.25) is 21.8 Å². The molecule has 192 valence electrons. The second-order valence-electron chi connectivity index (χ2n) is 8.82. The van der Waals surface area contributed by atoms with Gasteiger partial charge in [-0.1, -0.05) is 48.3 Å². The molecule has 0 aliphatic rings. The molecule has 7 nitrogen and oxygen atoms in total. The van der Waals surface area contributed by atoms with Crippen LogP contribution in [0.15, 0.2) is 36.4 Å². The van der Waals surface area contributed by atoms with Gasteiger partial charge in [0.1, 0.15) is 12.6 Å². The number of rotatable bonds is 10. The Bertz CT molecular complexity index is 1190. The first-order valence-electron chi connectivity index (χ1n) is 11.3. The number of hydrogen-bond acceptors (Lipinski definition) is 4. The number of carbonyl (C=O) groups excluding carboxylic acids is 2. The summed E-state index contributed by atoms with van der Waals surface area (Å²) in [6.45, 7) is 8.68. The number of nitrogens with one attached hydrogen (secondary N) is 1. The minimum absolute atomic E-state index is 0.0508. The van der Waals surface area contributed by atoms with Gasteiger partial charge in [-0.25, -0.2) is 8.42 Å². The molecule has 0 fully saturated rings. The lowest BCUT2D eigenvalue weighted by molar-refractivity contribution is -0.139. The van der Waals surface area contributed by atoms with Gasteiger partial charge in [-0.05, 0) is 69.0 Å². The van der Waals surface area contributed by atoms with Crippen molar-refractivity contribution in [2.45, 2.75) is 59.7 Å². The molecule has 0 bridgehead atoms. The average molecular weight is 543 g/mol. The van der Waals surface area contributed by atoms with E-state index in [1.54, 1.807) is 38.1 Å². The van der Waals surface area contributed by atoms with Gasteiger partial charge in [-0.2, -0.15) is 0 Å². The molecule has 2 atom stereocenters. The number of amides is 2. The highest BCUT2D eigenvalue weighted by atomic mass is 35.5. The number of benzene rings is 2.